The number of aromatic nitrogens is 1. The highest BCUT2D eigenvalue weighted by Gasteiger charge is 2.25. The van der Waals surface area contributed by atoms with Crippen LogP contribution in [0.15, 0.2) is 17.2 Å². The summed E-state index contributed by atoms with van der Waals surface area (Å²) in [6.45, 7) is 4.19. The van der Waals surface area contributed by atoms with Crippen LogP contribution in [0.25, 0.3) is 0 Å². The first-order valence-corrected chi connectivity index (χ1v) is 7.12. The van der Waals surface area contributed by atoms with Crippen LogP contribution in [0.5, 0.6) is 0 Å². The molecule has 1 heterocycles. The van der Waals surface area contributed by atoms with Gasteiger partial charge in [0.1, 0.15) is 4.90 Å². The first-order valence-electron chi connectivity index (χ1n) is 5.67. The van der Waals surface area contributed by atoms with Crippen molar-refractivity contribution in [3.05, 3.63) is 18.0 Å². The van der Waals surface area contributed by atoms with E-state index in [1.165, 1.54) is 4.31 Å². The van der Waals surface area contributed by atoms with Crippen LogP contribution in [0.1, 0.15) is 26.0 Å². The fourth-order valence-corrected chi connectivity index (χ4v) is 3.11. The molecule has 0 saturated carbocycles. The van der Waals surface area contributed by atoms with Gasteiger partial charge in [-0.15, -0.1) is 0 Å². The lowest BCUT2D eigenvalue weighted by Crippen LogP contribution is -2.34. The Morgan fingerprint density at radius 3 is 2.53 bits per heavy atom. The van der Waals surface area contributed by atoms with Crippen molar-refractivity contribution in [1.29, 1.82) is 0 Å². The summed E-state index contributed by atoms with van der Waals surface area (Å²) < 4.78 is 27.7. The molecule has 6 heteroatoms. The van der Waals surface area contributed by atoms with Crippen molar-refractivity contribution in [2.24, 2.45) is 12.8 Å². The standard InChI is InChI=1S/C11H21N3O2S/c1-5-9(2)14(4)17(15,16)11-6-10(7-12)13(3)8-11/h6,8-9H,5,7,12H2,1-4H3. The van der Waals surface area contributed by atoms with E-state index in [0.717, 1.165) is 12.1 Å². The summed E-state index contributed by atoms with van der Waals surface area (Å²) in [5.74, 6) is 0. The Morgan fingerprint density at radius 1 is 1.53 bits per heavy atom. The third-order valence-corrected chi connectivity index (χ3v) is 5.12. The van der Waals surface area contributed by atoms with E-state index in [0.29, 0.717) is 11.4 Å². The largest absolute Gasteiger partial charge is 0.352 e. The summed E-state index contributed by atoms with van der Waals surface area (Å²) in [6, 6.07) is 1.62. The Balaban J connectivity index is 3.13. The molecule has 0 amide bonds. The maximum absolute atomic E-state index is 12.3. The molecule has 1 unspecified atom stereocenters. The normalized spacial score (nSPS) is 14.2. The van der Waals surface area contributed by atoms with Gasteiger partial charge in [-0.2, -0.15) is 4.31 Å². The number of hydrogen-bond acceptors (Lipinski definition) is 3. The van der Waals surface area contributed by atoms with E-state index in [1.54, 1.807) is 30.9 Å². The second kappa shape index (κ2) is 5.20. The molecule has 1 atom stereocenters. The maximum atomic E-state index is 12.3. The molecule has 2 N–H and O–H groups in total. The first-order chi connectivity index (χ1) is 7.84. The molecular formula is C11H21N3O2S. The topological polar surface area (TPSA) is 68.3 Å². The number of sulfonamides is 1. The lowest BCUT2D eigenvalue weighted by Gasteiger charge is -2.22. The number of hydrogen-bond donors (Lipinski definition) is 1. The Hall–Kier alpha value is -0.850. The maximum Gasteiger partial charge on any atom is 0.244 e. The SMILES string of the molecule is CCC(C)N(C)S(=O)(=O)c1cc(CN)n(C)c1. The zero-order chi connectivity index (χ0) is 13.2. The lowest BCUT2D eigenvalue weighted by molar-refractivity contribution is 0.380. The fourth-order valence-electron chi connectivity index (χ4n) is 1.58. The van der Waals surface area contributed by atoms with E-state index in [1.807, 2.05) is 13.8 Å². The van der Waals surface area contributed by atoms with E-state index in [-0.39, 0.29) is 6.04 Å². The number of aryl methyl sites for hydroxylation is 1. The van der Waals surface area contributed by atoms with Crippen molar-refractivity contribution >= 4 is 10.0 Å². The molecule has 0 saturated heterocycles. The van der Waals surface area contributed by atoms with Gasteiger partial charge in [0.2, 0.25) is 10.0 Å². The summed E-state index contributed by atoms with van der Waals surface area (Å²) in [5, 5.41) is 0. The summed E-state index contributed by atoms with van der Waals surface area (Å²) in [6.07, 6.45) is 2.39. The van der Waals surface area contributed by atoms with Crippen LogP contribution in [0.4, 0.5) is 0 Å². The van der Waals surface area contributed by atoms with Crippen LogP contribution < -0.4 is 5.73 Å². The van der Waals surface area contributed by atoms with Gasteiger partial charge >= 0.3 is 0 Å². The number of rotatable bonds is 5. The molecule has 0 aromatic carbocycles. The van der Waals surface area contributed by atoms with Crippen molar-refractivity contribution in [1.82, 2.24) is 8.87 Å². The van der Waals surface area contributed by atoms with Crippen molar-refractivity contribution in [2.45, 2.75) is 37.8 Å². The average Bonchev–Trinajstić information content (AvgIpc) is 2.69. The van der Waals surface area contributed by atoms with Crippen LogP contribution >= 0.6 is 0 Å². The third kappa shape index (κ3) is 2.70. The summed E-state index contributed by atoms with van der Waals surface area (Å²) in [7, 11) is 0.000696. The Kier molecular flexibility index (Phi) is 4.35. The summed E-state index contributed by atoms with van der Waals surface area (Å²) in [5.41, 5.74) is 6.35. The zero-order valence-electron chi connectivity index (χ0n) is 10.8. The van der Waals surface area contributed by atoms with Crippen LogP contribution in [-0.4, -0.2) is 30.4 Å². The van der Waals surface area contributed by atoms with Crippen LogP contribution in [0.2, 0.25) is 0 Å². The van der Waals surface area contributed by atoms with Crippen molar-refractivity contribution in [3.8, 4) is 0 Å². The highest BCUT2D eigenvalue weighted by atomic mass is 32.2. The van der Waals surface area contributed by atoms with E-state index >= 15 is 0 Å². The predicted octanol–water partition coefficient (Wildman–Crippen LogP) is 0.903. The van der Waals surface area contributed by atoms with Gasteiger partial charge in [-0.25, -0.2) is 8.42 Å². The van der Waals surface area contributed by atoms with Crippen LogP contribution in [0.3, 0.4) is 0 Å². The molecular weight excluding hydrogens is 238 g/mol. The molecule has 17 heavy (non-hydrogen) atoms. The monoisotopic (exact) mass is 259 g/mol. The predicted molar refractivity (Wildman–Crippen MR) is 68.0 cm³/mol. The number of nitrogens with zero attached hydrogens (tertiary/aromatic N) is 2. The van der Waals surface area contributed by atoms with Crippen LogP contribution in [0, 0.1) is 0 Å². The van der Waals surface area contributed by atoms with Gasteiger partial charge in [-0.1, -0.05) is 6.92 Å². The minimum atomic E-state index is -3.41. The van der Waals surface area contributed by atoms with Gasteiger partial charge in [-0.05, 0) is 19.4 Å². The van der Waals surface area contributed by atoms with E-state index < -0.39 is 10.0 Å². The Morgan fingerprint density at radius 2 is 2.12 bits per heavy atom. The molecule has 0 radical (unpaired) electrons. The molecule has 1 aromatic rings. The zero-order valence-corrected chi connectivity index (χ0v) is 11.7. The fraction of sp³-hybridized carbons (Fsp3) is 0.636. The smallest absolute Gasteiger partial charge is 0.244 e. The van der Waals surface area contributed by atoms with Crippen molar-refractivity contribution in [2.75, 3.05) is 7.05 Å². The molecule has 0 aliphatic rings. The van der Waals surface area contributed by atoms with E-state index in [4.69, 9.17) is 5.73 Å². The average molecular weight is 259 g/mol. The molecule has 0 aliphatic heterocycles. The van der Waals surface area contributed by atoms with Crippen molar-refractivity contribution in [3.63, 3.8) is 0 Å². The molecule has 1 rings (SSSR count). The highest BCUT2D eigenvalue weighted by molar-refractivity contribution is 7.89. The molecule has 98 valence electrons. The molecule has 0 bridgehead atoms. The van der Waals surface area contributed by atoms with Gasteiger partial charge in [-0.3, -0.25) is 0 Å². The van der Waals surface area contributed by atoms with Crippen LogP contribution in [-0.2, 0) is 23.6 Å². The van der Waals surface area contributed by atoms with Gasteiger partial charge in [0.25, 0.3) is 0 Å². The molecule has 5 nitrogen and oxygen atoms in total. The van der Waals surface area contributed by atoms with Gasteiger partial charge in [0.15, 0.2) is 0 Å². The van der Waals surface area contributed by atoms with E-state index in [2.05, 4.69) is 0 Å². The minimum Gasteiger partial charge on any atom is -0.352 e. The summed E-state index contributed by atoms with van der Waals surface area (Å²) >= 11 is 0. The second-order valence-electron chi connectivity index (χ2n) is 4.26. The Labute approximate surface area is 103 Å². The molecule has 0 aliphatic carbocycles. The third-order valence-electron chi connectivity index (χ3n) is 3.18. The quantitative estimate of drug-likeness (QED) is 0.854. The summed E-state index contributed by atoms with van der Waals surface area (Å²) in [4.78, 5) is 0.309. The Bertz CT molecular complexity index is 479. The minimum absolute atomic E-state index is 0.0125. The van der Waals surface area contributed by atoms with Crippen molar-refractivity contribution < 1.29 is 8.42 Å². The molecule has 0 spiro atoms. The molecule has 1 aromatic heterocycles. The van der Waals surface area contributed by atoms with E-state index in [9.17, 15) is 8.42 Å². The highest BCUT2D eigenvalue weighted by Crippen LogP contribution is 2.19. The van der Waals surface area contributed by atoms with Gasteiger partial charge < -0.3 is 10.3 Å². The van der Waals surface area contributed by atoms with Gasteiger partial charge in [0.05, 0.1) is 0 Å². The second-order valence-corrected chi connectivity index (χ2v) is 6.26. The first kappa shape index (κ1) is 14.2. The number of nitrogens with two attached hydrogens (primary N) is 1. The van der Waals surface area contributed by atoms with Gasteiger partial charge in [0, 0.05) is 38.6 Å². The molecule has 0 fully saturated rings. The lowest BCUT2D eigenvalue weighted by atomic mass is 10.3.